The van der Waals surface area contributed by atoms with E-state index in [1.165, 1.54) is 0 Å². The Labute approximate surface area is 225 Å². The molecule has 0 bridgehead atoms. The SMILES string of the molecule is CC(C)[C@@]1(C(=O)C[C@H]2CC(=O)O[C@@]2(CF)OC(=O)Cc2ccccc2)CC(c2nccc3ccccc23)=NO1. The first-order chi connectivity index (χ1) is 18.8. The van der Waals surface area contributed by atoms with Crippen LogP contribution in [-0.4, -0.2) is 46.5 Å². The summed E-state index contributed by atoms with van der Waals surface area (Å²) < 4.78 is 25.1. The van der Waals surface area contributed by atoms with Crippen LogP contribution < -0.4 is 0 Å². The molecule has 3 heterocycles. The number of ketones is 1. The summed E-state index contributed by atoms with van der Waals surface area (Å²) in [5.41, 5.74) is 0.461. The smallest absolute Gasteiger partial charge is 0.313 e. The number of oxime groups is 1. The number of Topliss-reactive ketones (excluding diaryl/α,β-unsaturated/α-hetero) is 1. The fourth-order valence-corrected chi connectivity index (χ4v) is 5.27. The Bertz CT molecular complexity index is 1440. The molecule has 0 saturated carbocycles. The van der Waals surface area contributed by atoms with Gasteiger partial charge in [0.2, 0.25) is 5.60 Å². The highest BCUT2D eigenvalue weighted by Crippen LogP contribution is 2.42. The predicted molar refractivity (Wildman–Crippen MR) is 140 cm³/mol. The summed E-state index contributed by atoms with van der Waals surface area (Å²) in [4.78, 5) is 49.2. The van der Waals surface area contributed by atoms with Crippen LogP contribution in [0.15, 0.2) is 72.0 Å². The molecule has 9 heteroatoms. The third kappa shape index (κ3) is 5.01. The molecule has 8 nitrogen and oxygen atoms in total. The number of hydrogen-bond donors (Lipinski definition) is 0. The number of nitrogens with zero attached hydrogens (tertiary/aromatic N) is 2. The summed E-state index contributed by atoms with van der Waals surface area (Å²) in [6.07, 6.45) is 1.15. The normalized spacial score (nSPS) is 24.4. The van der Waals surface area contributed by atoms with Gasteiger partial charge in [-0.1, -0.05) is 73.6 Å². The van der Waals surface area contributed by atoms with Crippen molar-refractivity contribution in [2.45, 2.75) is 50.9 Å². The topological polar surface area (TPSA) is 104 Å². The van der Waals surface area contributed by atoms with Crippen LogP contribution in [0.4, 0.5) is 4.39 Å². The maximum absolute atomic E-state index is 14.5. The minimum atomic E-state index is -2.17. The zero-order valence-corrected chi connectivity index (χ0v) is 21.8. The van der Waals surface area contributed by atoms with Crippen LogP contribution >= 0.6 is 0 Å². The fraction of sp³-hybridized carbons (Fsp3) is 0.367. The molecule has 202 valence electrons. The van der Waals surface area contributed by atoms with Gasteiger partial charge in [0, 0.05) is 30.3 Å². The number of ether oxygens (including phenoxy) is 2. The van der Waals surface area contributed by atoms with E-state index >= 15 is 0 Å². The first kappa shape index (κ1) is 26.5. The maximum atomic E-state index is 14.5. The number of esters is 2. The first-order valence-corrected chi connectivity index (χ1v) is 12.9. The number of cyclic esters (lactones) is 1. The van der Waals surface area contributed by atoms with E-state index in [2.05, 4.69) is 10.1 Å². The number of carbonyl (C=O) groups is 3. The molecule has 39 heavy (non-hydrogen) atoms. The largest absolute Gasteiger partial charge is 0.419 e. The Morgan fingerprint density at radius 2 is 1.85 bits per heavy atom. The summed E-state index contributed by atoms with van der Waals surface area (Å²) in [6, 6.07) is 18.4. The van der Waals surface area contributed by atoms with Crippen molar-refractivity contribution in [1.82, 2.24) is 4.98 Å². The van der Waals surface area contributed by atoms with E-state index in [-0.39, 0.29) is 37.4 Å². The molecule has 0 spiro atoms. The molecule has 0 unspecified atom stereocenters. The van der Waals surface area contributed by atoms with Crippen LogP contribution in [0.2, 0.25) is 0 Å². The Kier molecular flexibility index (Phi) is 7.16. The third-order valence-electron chi connectivity index (χ3n) is 7.52. The maximum Gasteiger partial charge on any atom is 0.313 e. The molecule has 3 atom stereocenters. The molecule has 0 N–H and O–H groups in total. The zero-order valence-electron chi connectivity index (χ0n) is 21.8. The highest BCUT2D eigenvalue weighted by Gasteiger charge is 2.57. The number of rotatable bonds is 9. The van der Waals surface area contributed by atoms with Crippen molar-refractivity contribution < 1.29 is 33.1 Å². The van der Waals surface area contributed by atoms with Crippen molar-refractivity contribution in [3.05, 3.63) is 78.1 Å². The average Bonchev–Trinajstić information content (AvgIpc) is 3.51. The number of halogens is 1. The Morgan fingerprint density at radius 3 is 2.59 bits per heavy atom. The number of fused-ring (bicyclic) bond motifs is 1. The van der Waals surface area contributed by atoms with Crippen LogP contribution in [0.3, 0.4) is 0 Å². The number of carbonyl (C=O) groups excluding carboxylic acids is 3. The van der Waals surface area contributed by atoms with E-state index in [1.807, 2.05) is 44.2 Å². The quantitative estimate of drug-likeness (QED) is 0.367. The minimum Gasteiger partial charge on any atom is -0.419 e. The van der Waals surface area contributed by atoms with E-state index in [9.17, 15) is 18.8 Å². The van der Waals surface area contributed by atoms with E-state index in [1.54, 1.807) is 36.5 Å². The Morgan fingerprint density at radius 1 is 1.10 bits per heavy atom. The van der Waals surface area contributed by atoms with E-state index in [4.69, 9.17) is 14.3 Å². The van der Waals surface area contributed by atoms with Gasteiger partial charge in [0.05, 0.1) is 24.5 Å². The van der Waals surface area contributed by atoms with Crippen molar-refractivity contribution in [2.24, 2.45) is 17.0 Å². The molecule has 2 aliphatic rings. The molecular formula is C30H29FN2O6. The average molecular weight is 533 g/mol. The monoisotopic (exact) mass is 532 g/mol. The molecule has 0 aliphatic carbocycles. The van der Waals surface area contributed by atoms with Crippen LogP contribution in [0, 0.1) is 11.8 Å². The molecule has 0 amide bonds. The predicted octanol–water partition coefficient (Wildman–Crippen LogP) is 4.73. The zero-order chi connectivity index (χ0) is 27.6. The van der Waals surface area contributed by atoms with Gasteiger partial charge in [0.15, 0.2) is 12.5 Å². The number of benzene rings is 2. The molecule has 1 saturated heterocycles. The summed E-state index contributed by atoms with van der Waals surface area (Å²) in [5.74, 6) is -5.36. The number of pyridine rings is 1. The van der Waals surface area contributed by atoms with Crippen LogP contribution in [0.25, 0.3) is 10.8 Å². The van der Waals surface area contributed by atoms with Gasteiger partial charge < -0.3 is 14.3 Å². The summed E-state index contributed by atoms with van der Waals surface area (Å²) in [5, 5.41) is 6.13. The molecule has 5 rings (SSSR count). The van der Waals surface area contributed by atoms with Crippen LogP contribution in [0.1, 0.15) is 44.4 Å². The van der Waals surface area contributed by atoms with Gasteiger partial charge in [-0.05, 0) is 17.0 Å². The lowest BCUT2D eigenvalue weighted by Gasteiger charge is -2.33. The van der Waals surface area contributed by atoms with Gasteiger partial charge in [-0.2, -0.15) is 0 Å². The lowest BCUT2D eigenvalue weighted by molar-refractivity contribution is -0.232. The number of alkyl halides is 1. The second-order valence-corrected chi connectivity index (χ2v) is 10.3. The van der Waals surface area contributed by atoms with Gasteiger partial charge in [-0.15, -0.1) is 0 Å². The Balaban J connectivity index is 1.36. The molecular weight excluding hydrogens is 503 g/mol. The van der Waals surface area contributed by atoms with E-state index < -0.39 is 35.9 Å². The number of aromatic nitrogens is 1. The first-order valence-electron chi connectivity index (χ1n) is 12.9. The fourth-order valence-electron chi connectivity index (χ4n) is 5.27. The highest BCUT2D eigenvalue weighted by molar-refractivity contribution is 6.12. The van der Waals surface area contributed by atoms with Crippen LogP contribution in [-0.2, 0) is 35.1 Å². The third-order valence-corrected chi connectivity index (χ3v) is 7.52. The summed E-state index contributed by atoms with van der Waals surface area (Å²) >= 11 is 0. The molecule has 0 radical (unpaired) electrons. The van der Waals surface area contributed by atoms with Gasteiger partial charge in [-0.25, -0.2) is 4.39 Å². The van der Waals surface area contributed by atoms with Gasteiger partial charge in [-0.3, -0.25) is 19.4 Å². The molecule has 1 aromatic heterocycles. The minimum absolute atomic E-state index is 0.130. The van der Waals surface area contributed by atoms with Gasteiger partial charge in [0.1, 0.15) is 5.71 Å². The summed E-state index contributed by atoms with van der Waals surface area (Å²) in [6.45, 7) is 2.41. The van der Waals surface area contributed by atoms with Crippen molar-refractivity contribution >= 4 is 34.2 Å². The van der Waals surface area contributed by atoms with E-state index in [0.29, 0.717) is 17.0 Å². The standard InChI is InChI=1S/C30H29FN2O6/c1-19(2)29(17-24(33-39-29)28-23-11-7-6-10-21(23)12-13-32-28)25(34)15-22-16-27(36)38-30(22,18-31)37-26(35)14-20-8-4-3-5-9-20/h3-13,19,22H,14-18H2,1-2H3/t22-,29+,30+/m0/s1. The highest BCUT2D eigenvalue weighted by atomic mass is 19.1. The second kappa shape index (κ2) is 10.6. The van der Waals surface area contributed by atoms with Crippen LogP contribution in [0.5, 0.6) is 0 Å². The van der Waals surface area contributed by atoms with Gasteiger partial charge >= 0.3 is 11.9 Å². The molecule has 2 aromatic carbocycles. The second-order valence-electron chi connectivity index (χ2n) is 10.3. The lowest BCUT2D eigenvalue weighted by Crippen LogP contribution is -2.49. The Hall–Kier alpha value is -4.14. The van der Waals surface area contributed by atoms with Crippen molar-refractivity contribution in [3.8, 4) is 0 Å². The van der Waals surface area contributed by atoms with Gasteiger partial charge in [0.25, 0.3) is 5.79 Å². The van der Waals surface area contributed by atoms with Crippen molar-refractivity contribution in [1.29, 1.82) is 0 Å². The van der Waals surface area contributed by atoms with Crippen molar-refractivity contribution in [3.63, 3.8) is 0 Å². The lowest BCUT2D eigenvalue weighted by atomic mass is 9.77. The molecule has 1 fully saturated rings. The molecule has 2 aliphatic heterocycles. The van der Waals surface area contributed by atoms with Crippen molar-refractivity contribution in [2.75, 3.05) is 6.67 Å². The number of hydrogen-bond acceptors (Lipinski definition) is 8. The summed E-state index contributed by atoms with van der Waals surface area (Å²) in [7, 11) is 0. The van der Waals surface area contributed by atoms with E-state index in [0.717, 1.165) is 10.8 Å². The molecule has 3 aromatic rings.